The number of alkyl halides is 3. The molecule has 0 saturated carbocycles. The first-order valence-corrected chi connectivity index (χ1v) is 11.3. The van der Waals surface area contributed by atoms with E-state index in [4.69, 9.17) is 4.42 Å². The molecule has 5 aromatic rings. The number of hydrogen-bond donors (Lipinski definition) is 1. The minimum Gasteiger partial charge on any atom is -0.478 e. The highest BCUT2D eigenvalue weighted by Crippen LogP contribution is 2.32. The lowest BCUT2D eigenvalue weighted by Crippen LogP contribution is -2.20. The van der Waals surface area contributed by atoms with Crippen molar-refractivity contribution < 1.29 is 27.5 Å². The van der Waals surface area contributed by atoms with Gasteiger partial charge in [0.15, 0.2) is 5.82 Å². The standard InChI is InChI=1S/C28H18F3N3O4/c1-16-20(9-5-10-21(16)27(36)37)24-13-12-19(38-24)15-32-34-25(17-6-4-7-18(14-17)28(29,30)31)33-23-11-3-2-8-22(23)26(34)35/h2-15H,1H3,(H,36,37). The highest BCUT2D eigenvalue weighted by atomic mass is 19.4. The molecule has 3 aromatic carbocycles. The molecule has 1 N–H and O–H groups in total. The van der Waals surface area contributed by atoms with Gasteiger partial charge in [0.2, 0.25) is 0 Å². The first-order valence-electron chi connectivity index (χ1n) is 11.3. The second kappa shape index (κ2) is 9.47. The molecule has 0 atom stereocenters. The maximum Gasteiger partial charge on any atom is 0.416 e. The van der Waals surface area contributed by atoms with Crippen LogP contribution >= 0.6 is 0 Å². The summed E-state index contributed by atoms with van der Waals surface area (Å²) >= 11 is 0. The van der Waals surface area contributed by atoms with E-state index in [1.165, 1.54) is 24.4 Å². The lowest BCUT2D eigenvalue weighted by atomic mass is 10.0. The molecule has 0 aliphatic heterocycles. The minimum atomic E-state index is -4.58. The predicted molar refractivity (Wildman–Crippen MR) is 135 cm³/mol. The molecule has 2 heterocycles. The van der Waals surface area contributed by atoms with Crippen LogP contribution in [0.4, 0.5) is 13.2 Å². The van der Waals surface area contributed by atoms with Gasteiger partial charge in [0.05, 0.1) is 28.2 Å². The van der Waals surface area contributed by atoms with Crippen molar-refractivity contribution in [1.82, 2.24) is 9.66 Å². The summed E-state index contributed by atoms with van der Waals surface area (Å²) in [5.74, 6) is -0.528. The molecule has 0 aliphatic carbocycles. The molecule has 5 rings (SSSR count). The number of aromatic nitrogens is 2. The van der Waals surface area contributed by atoms with Gasteiger partial charge in [-0.15, -0.1) is 0 Å². The number of furan rings is 1. The topological polar surface area (TPSA) is 97.7 Å². The highest BCUT2D eigenvalue weighted by molar-refractivity contribution is 5.91. The number of para-hydroxylation sites is 1. The van der Waals surface area contributed by atoms with Gasteiger partial charge in [0, 0.05) is 11.1 Å². The van der Waals surface area contributed by atoms with Crippen molar-refractivity contribution in [2.75, 3.05) is 0 Å². The van der Waals surface area contributed by atoms with Crippen molar-refractivity contribution in [2.24, 2.45) is 5.10 Å². The van der Waals surface area contributed by atoms with Gasteiger partial charge in [-0.3, -0.25) is 4.79 Å². The van der Waals surface area contributed by atoms with E-state index < -0.39 is 23.3 Å². The van der Waals surface area contributed by atoms with Gasteiger partial charge < -0.3 is 9.52 Å². The maximum atomic E-state index is 13.4. The summed E-state index contributed by atoms with van der Waals surface area (Å²) in [5.41, 5.74) is 0.122. The Balaban J connectivity index is 1.61. The van der Waals surface area contributed by atoms with Crippen LogP contribution in [0.15, 0.2) is 93.2 Å². The first kappa shape index (κ1) is 24.7. The average Bonchev–Trinajstić information content (AvgIpc) is 3.36. The Labute approximate surface area is 213 Å². The van der Waals surface area contributed by atoms with Gasteiger partial charge in [-0.2, -0.15) is 22.9 Å². The molecule has 0 spiro atoms. The summed E-state index contributed by atoms with van der Waals surface area (Å²) in [4.78, 5) is 29.2. The maximum absolute atomic E-state index is 13.4. The minimum absolute atomic E-state index is 0.0565. The number of carboxylic acid groups (broad SMARTS) is 1. The van der Waals surface area contributed by atoms with Crippen LogP contribution in [0.25, 0.3) is 33.6 Å². The molecule has 10 heteroatoms. The van der Waals surface area contributed by atoms with Crippen molar-refractivity contribution in [1.29, 1.82) is 0 Å². The Kier molecular flexibility index (Phi) is 6.15. The third-order valence-corrected chi connectivity index (χ3v) is 5.96. The van der Waals surface area contributed by atoms with Crippen LogP contribution in [0.2, 0.25) is 0 Å². The van der Waals surface area contributed by atoms with Crippen molar-refractivity contribution in [2.45, 2.75) is 13.1 Å². The van der Waals surface area contributed by atoms with Gasteiger partial charge in [0.25, 0.3) is 5.56 Å². The summed E-state index contributed by atoms with van der Waals surface area (Å²) < 4.78 is 46.8. The monoisotopic (exact) mass is 517 g/mol. The van der Waals surface area contributed by atoms with E-state index in [1.54, 1.807) is 55.5 Å². The molecule has 0 saturated heterocycles. The van der Waals surface area contributed by atoms with Gasteiger partial charge in [-0.25, -0.2) is 9.78 Å². The molecule has 0 amide bonds. The van der Waals surface area contributed by atoms with E-state index in [-0.39, 0.29) is 28.1 Å². The van der Waals surface area contributed by atoms with Crippen LogP contribution in [0.5, 0.6) is 0 Å². The van der Waals surface area contributed by atoms with E-state index in [2.05, 4.69) is 10.1 Å². The molecule has 0 fully saturated rings. The van der Waals surface area contributed by atoms with Gasteiger partial charge in [0.1, 0.15) is 11.5 Å². The third kappa shape index (κ3) is 4.59. The number of carboxylic acids is 1. The molecule has 7 nitrogen and oxygen atoms in total. The van der Waals surface area contributed by atoms with Crippen LogP contribution in [-0.2, 0) is 6.18 Å². The van der Waals surface area contributed by atoms with Crippen LogP contribution in [0.1, 0.15) is 27.2 Å². The fourth-order valence-corrected chi connectivity index (χ4v) is 4.07. The predicted octanol–water partition coefficient (Wildman–Crippen LogP) is 6.23. The fraction of sp³-hybridized carbons (Fsp3) is 0.0714. The second-order valence-electron chi connectivity index (χ2n) is 8.38. The summed E-state index contributed by atoms with van der Waals surface area (Å²) in [6.45, 7) is 1.66. The Morgan fingerprint density at radius 3 is 2.55 bits per heavy atom. The second-order valence-corrected chi connectivity index (χ2v) is 8.38. The van der Waals surface area contributed by atoms with E-state index in [1.807, 2.05) is 0 Å². The molecule has 2 aromatic heterocycles. The quantitative estimate of drug-likeness (QED) is 0.279. The normalized spacial score (nSPS) is 11.9. The summed E-state index contributed by atoms with van der Waals surface area (Å²) in [6.07, 6.45) is -3.34. The number of carbonyl (C=O) groups is 1. The van der Waals surface area contributed by atoms with Crippen LogP contribution in [-0.4, -0.2) is 27.0 Å². The lowest BCUT2D eigenvalue weighted by molar-refractivity contribution is -0.137. The number of rotatable bonds is 5. The molecule has 0 unspecified atom stereocenters. The Bertz CT molecular complexity index is 1780. The molecule has 0 radical (unpaired) electrons. The highest BCUT2D eigenvalue weighted by Gasteiger charge is 2.31. The smallest absolute Gasteiger partial charge is 0.416 e. The lowest BCUT2D eigenvalue weighted by Gasteiger charge is -2.11. The third-order valence-electron chi connectivity index (χ3n) is 5.96. The van der Waals surface area contributed by atoms with Crippen molar-refractivity contribution in [3.63, 3.8) is 0 Å². The zero-order valence-electron chi connectivity index (χ0n) is 19.7. The molecule has 190 valence electrons. The Morgan fingerprint density at radius 2 is 1.79 bits per heavy atom. The van der Waals surface area contributed by atoms with E-state index >= 15 is 0 Å². The summed E-state index contributed by atoms with van der Waals surface area (Å²) in [7, 11) is 0. The fourth-order valence-electron chi connectivity index (χ4n) is 4.07. The zero-order chi connectivity index (χ0) is 27.0. The number of nitrogens with zero attached hydrogens (tertiary/aromatic N) is 3. The van der Waals surface area contributed by atoms with Crippen LogP contribution in [0, 0.1) is 6.92 Å². The molecule has 0 aliphatic rings. The molecule has 38 heavy (non-hydrogen) atoms. The van der Waals surface area contributed by atoms with Gasteiger partial charge in [-0.05, 0) is 55.0 Å². The van der Waals surface area contributed by atoms with Gasteiger partial charge in [-0.1, -0.05) is 36.4 Å². The number of halogens is 3. The summed E-state index contributed by atoms with van der Waals surface area (Å²) in [5, 5.41) is 13.8. The van der Waals surface area contributed by atoms with Crippen molar-refractivity contribution in [3.05, 3.63) is 112 Å². The number of hydrogen-bond acceptors (Lipinski definition) is 5. The Morgan fingerprint density at radius 1 is 1.03 bits per heavy atom. The van der Waals surface area contributed by atoms with E-state index in [9.17, 15) is 27.9 Å². The largest absolute Gasteiger partial charge is 0.478 e. The first-order chi connectivity index (χ1) is 18.1. The number of benzene rings is 3. The molecular weight excluding hydrogens is 499 g/mol. The van der Waals surface area contributed by atoms with E-state index in [0.29, 0.717) is 22.4 Å². The average molecular weight is 517 g/mol. The molecule has 0 bridgehead atoms. The van der Waals surface area contributed by atoms with Crippen molar-refractivity contribution >= 4 is 23.1 Å². The van der Waals surface area contributed by atoms with Crippen LogP contribution < -0.4 is 5.56 Å². The van der Waals surface area contributed by atoms with Crippen LogP contribution in [0.3, 0.4) is 0 Å². The van der Waals surface area contributed by atoms with Crippen molar-refractivity contribution in [3.8, 4) is 22.7 Å². The SMILES string of the molecule is Cc1c(C(=O)O)cccc1-c1ccc(C=Nn2c(-c3cccc(C(F)(F)F)c3)nc3ccccc3c2=O)o1. The van der Waals surface area contributed by atoms with E-state index in [0.717, 1.165) is 16.8 Å². The van der Waals surface area contributed by atoms with Gasteiger partial charge >= 0.3 is 12.1 Å². The Hall–Kier alpha value is -4.99. The number of aromatic carboxylic acids is 1. The number of fused-ring (bicyclic) bond motifs is 1. The molecular formula is C28H18F3N3O4. The zero-order valence-corrected chi connectivity index (χ0v) is 19.7. The summed E-state index contributed by atoms with van der Waals surface area (Å²) in [6, 6.07) is 19.0.